The molecular formula is C20H38N4O3. The van der Waals surface area contributed by atoms with Gasteiger partial charge in [0.15, 0.2) is 0 Å². The van der Waals surface area contributed by atoms with Crippen molar-refractivity contribution in [3.63, 3.8) is 0 Å². The zero-order valence-corrected chi connectivity index (χ0v) is 17.2. The minimum absolute atomic E-state index is 0.627. The van der Waals surface area contributed by atoms with E-state index >= 15 is 0 Å². The van der Waals surface area contributed by atoms with Crippen molar-refractivity contribution in [2.75, 3.05) is 79.2 Å². The average molecular weight is 383 g/mol. The van der Waals surface area contributed by atoms with E-state index in [1.54, 1.807) is 0 Å². The van der Waals surface area contributed by atoms with E-state index < -0.39 is 0 Å². The van der Waals surface area contributed by atoms with Gasteiger partial charge < -0.3 is 33.8 Å². The second kappa shape index (κ2) is 13.7. The van der Waals surface area contributed by atoms with Crippen molar-refractivity contribution in [2.45, 2.75) is 26.7 Å². The number of hydrogen-bond donors (Lipinski definition) is 0. The van der Waals surface area contributed by atoms with Gasteiger partial charge in [0.25, 0.3) is 0 Å². The third kappa shape index (κ3) is 9.35. The predicted molar refractivity (Wildman–Crippen MR) is 108 cm³/mol. The Labute approximate surface area is 165 Å². The quantitative estimate of drug-likeness (QED) is 0.378. The van der Waals surface area contributed by atoms with E-state index in [-0.39, 0.29) is 0 Å². The van der Waals surface area contributed by atoms with Crippen LogP contribution < -0.4 is 0 Å². The molecule has 2 aliphatic heterocycles. The van der Waals surface area contributed by atoms with Gasteiger partial charge in [0.1, 0.15) is 0 Å². The minimum atomic E-state index is 0.627. The maximum Gasteiger partial charge on any atom is 0.0894 e. The first-order valence-electron chi connectivity index (χ1n) is 10.4. The van der Waals surface area contributed by atoms with Crippen LogP contribution in [0.4, 0.5) is 0 Å². The Balaban J connectivity index is 1.30. The van der Waals surface area contributed by atoms with E-state index in [9.17, 15) is 0 Å². The third-order valence-electron chi connectivity index (χ3n) is 4.51. The zero-order valence-electron chi connectivity index (χ0n) is 17.2. The smallest absolute Gasteiger partial charge is 0.0894 e. The first-order valence-corrected chi connectivity index (χ1v) is 10.4. The molecule has 156 valence electrons. The Hall–Kier alpha value is -1.44. The lowest BCUT2D eigenvalue weighted by Crippen LogP contribution is -2.28. The molecular weight excluding hydrogens is 344 g/mol. The number of hydrogen-bond acceptors (Lipinski definition) is 7. The van der Waals surface area contributed by atoms with Gasteiger partial charge in [-0.15, -0.1) is 0 Å². The summed E-state index contributed by atoms with van der Waals surface area (Å²) in [6, 6.07) is 0. The van der Waals surface area contributed by atoms with E-state index in [4.69, 9.17) is 14.2 Å². The molecule has 0 bridgehead atoms. The molecule has 0 fully saturated rings. The Morgan fingerprint density at radius 1 is 0.519 bits per heavy atom. The van der Waals surface area contributed by atoms with Gasteiger partial charge in [0.05, 0.1) is 53.0 Å². The lowest BCUT2D eigenvalue weighted by Gasteiger charge is -2.20. The lowest BCUT2D eigenvalue weighted by molar-refractivity contribution is 0.00926. The van der Waals surface area contributed by atoms with Crippen molar-refractivity contribution >= 4 is 0 Å². The van der Waals surface area contributed by atoms with Crippen molar-refractivity contribution in [3.8, 4) is 0 Å². The molecule has 0 saturated heterocycles. The van der Waals surface area contributed by atoms with Crippen LogP contribution in [0, 0.1) is 0 Å². The molecule has 2 rings (SSSR count). The van der Waals surface area contributed by atoms with Crippen LogP contribution >= 0.6 is 0 Å². The summed E-state index contributed by atoms with van der Waals surface area (Å²) in [5, 5.41) is 0. The van der Waals surface area contributed by atoms with E-state index in [1.165, 1.54) is 12.8 Å². The maximum absolute atomic E-state index is 5.64. The summed E-state index contributed by atoms with van der Waals surface area (Å²) >= 11 is 0. The first-order chi connectivity index (χ1) is 13.3. The molecule has 0 aromatic carbocycles. The molecule has 27 heavy (non-hydrogen) atoms. The second-order valence-corrected chi connectivity index (χ2v) is 6.97. The van der Waals surface area contributed by atoms with Gasteiger partial charge in [-0.25, -0.2) is 0 Å². The van der Waals surface area contributed by atoms with E-state index in [0.29, 0.717) is 26.4 Å². The molecule has 2 heterocycles. The Morgan fingerprint density at radius 2 is 0.852 bits per heavy atom. The van der Waals surface area contributed by atoms with Crippen molar-refractivity contribution in [1.29, 1.82) is 0 Å². The molecule has 0 unspecified atom stereocenters. The van der Waals surface area contributed by atoms with Gasteiger partial charge >= 0.3 is 0 Å². The van der Waals surface area contributed by atoms with Gasteiger partial charge in [0.2, 0.25) is 0 Å². The maximum atomic E-state index is 5.64. The number of nitrogens with zero attached hydrogens (tertiary/aromatic N) is 4. The lowest BCUT2D eigenvalue weighted by atomic mass is 10.4. The molecule has 0 aliphatic carbocycles. The summed E-state index contributed by atoms with van der Waals surface area (Å²) in [5.41, 5.74) is 0. The Morgan fingerprint density at radius 3 is 1.22 bits per heavy atom. The highest BCUT2D eigenvalue weighted by molar-refractivity contribution is 4.90. The van der Waals surface area contributed by atoms with Crippen LogP contribution in [0.15, 0.2) is 24.8 Å². The highest BCUT2D eigenvalue weighted by atomic mass is 16.5. The van der Waals surface area contributed by atoms with Crippen molar-refractivity contribution < 1.29 is 14.2 Å². The second-order valence-electron chi connectivity index (χ2n) is 6.97. The fraction of sp³-hybridized carbons (Fsp3) is 0.800. The monoisotopic (exact) mass is 382 g/mol. The summed E-state index contributed by atoms with van der Waals surface area (Å²) < 4.78 is 16.8. The fourth-order valence-electron chi connectivity index (χ4n) is 3.09. The molecule has 0 saturated carbocycles. The van der Waals surface area contributed by atoms with E-state index in [0.717, 1.165) is 52.7 Å². The van der Waals surface area contributed by atoms with Crippen molar-refractivity contribution in [2.24, 2.45) is 0 Å². The van der Waals surface area contributed by atoms with Crippen LogP contribution in [-0.4, -0.2) is 98.8 Å². The Bertz CT molecular complexity index is 395. The molecule has 0 radical (unpaired) electrons. The van der Waals surface area contributed by atoms with Crippen LogP contribution in [0.2, 0.25) is 0 Å². The highest BCUT2D eigenvalue weighted by Gasteiger charge is 2.11. The van der Waals surface area contributed by atoms with Crippen LogP contribution in [0.3, 0.4) is 0 Å². The standard InChI is InChI=1S/C20H38N4O3/c1-3-5-21-7-9-23(19-21)11-13-25-15-17-27-18-16-26-14-12-24-10-8-22(20-24)6-4-2/h7-10H,3-6,11-20H2,1-2H3. The fourth-order valence-corrected chi connectivity index (χ4v) is 3.09. The Kier molecular flexibility index (Phi) is 11.1. The topological polar surface area (TPSA) is 40.7 Å². The van der Waals surface area contributed by atoms with Gasteiger partial charge in [-0.2, -0.15) is 0 Å². The first kappa shape index (κ1) is 21.9. The van der Waals surface area contributed by atoms with Gasteiger partial charge in [-0.3, -0.25) is 0 Å². The summed E-state index contributed by atoms with van der Waals surface area (Å²) in [4.78, 5) is 9.21. The van der Waals surface area contributed by atoms with E-state index in [1.807, 2.05) is 0 Å². The largest absolute Gasteiger partial charge is 0.377 e. The summed E-state index contributed by atoms with van der Waals surface area (Å²) in [7, 11) is 0. The molecule has 0 amide bonds. The average Bonchev–Trinajstić information content (AvgIpc) is 3.30. The van der Waals surface area contributed by atoms with Crippen LogP contribution in [-0.2, 0) is 14.2 Å². The molecule has 0 atom stereocenters. The number of rotatable bonds is 16. The molecule has 7 nitrogen and oxygen atoms in total. The SMILES string of the molecule is CCCN1C=CN(CCOCCOCCOCCN2C=CN(CCC)C2)C1. The summed E-state index contributed by atoms with van der Waals surface area (Å²) in [6.45, 7) is 14.5. The van der Waals surface area contributed by atoms with Crippen LogP contribution in [0.5, 0.6) is 0 Å². The van der Waals surface area contributed by atoms with Gasteiger partial charge in [-0.1, -0.05) is 13.8 Å². The highest BCUT2D eigenvalue weighted by Crippen LogP contribution is 2.07. The van der Waals surface area contributed by atoms with Gasteiger partial charge in [0, 0.05) is 51.0 Å². The summed E-state index contributed by atoms with van der Waals surface area (Å²) in [5.74, 6) is 0. The molecule has 0 aromatic rings. The summed E-state index contributed by atoms with van der Waals surface area (Å²) in [6.07, 6.45) is 11.0. The minimum Gasteiger partial charge on any atom is -0.377 e. The normalized spacial score (nSPS) is 16.4. The zero-order chi connectivity index (χ0) is 19.2. The van der Waals surface area contributed by atoms with Crippen molar-refractivity contribution in [3.05, 3.63) is 24.8 Å². The van der Waals surface area contributed by atoms with Gasteiger partial charge in [-0.05, 0) is 12.8 Å². The molecule has 0 spiro atoms. The predicted octanol–water partition coefficient (Wildman–Crippen LogP) is 1.95. The molecule has 7 heteroatoms. The molecule has 0 N–H and O–H groups in total. The number of ether oxygens (including phenoxy) is 3. The van der Waals surface area contributed by atoms with Crippen molar-refractivity contribution in [1.82, 2.24) is 19.6 Å². The third-order valence-corrected chi connectivity index (χ3v) is 4.51. The molecule has 0 aromatic heterocycles. The molecule has 2 aliphatic rings. The van der Waals surface area contributed by atoms with Crippen LogP contribution in [0.1, 0.15) is 26.7 Å². The van der Waals surface area contributed by atoms with Crippen LogP contribution in [0.25, 0.3) is 0 Å². The van der Waals surface area contributed by atoms with E-state index in [2.05, 4.69) is 58.2 Å².